The Hall–Kier alpha value is -2.59. The summed E-state index contributed by atoms with van der Waals surface area (Å²) in [6, 6.07) is 4.05. The largest absolute Gasteiger partial charge is 0.451 e. The highest BCUT2D eigenvalue weighted by Gasteiger charge is 2.25. The van der Waals surface area contributed by atoms with Crippen LogP contribution in [0.3, 0.4) is 0 Å². The first-order valence-corrected chi connectivity index (χ1v) is 10.7. The maximum absolute atomic E-state index is 12.6. The van der Waals surface area contributed by atoms with Crippen LogP contribution in [0.1, 0.15) is 56.0 Å². The molecule has 0 N–H and O–H groups in total. The van der Waals surface area contributed by atoms with Gasteiger partial charge in [0.15, 0.2) is 6.61 Å². The number of hydrogen-bond donors (Lipinski definition) is 0. The molecule has 0 spiro atoms. The van der Waals surface area contributed by atoms with Gasteiger partial charge in [-0.1, -0.05) is 19.3 Å². The Morgan fingerprint density at radius 1 is 1.30 bits per heavy atom. The molecule has 164 valence electrons. The Bertz CT molecular complexity index is 813. The number of rotatable bonds is 9. The highest BCUT2D eigenvalue weighted by Crippen LogP contribution is 2.23. The van der Waals surface area contributed by atoms with Crippen molar-refractivity contribution in [2.75, 3.05) is 26.9 Å². The third-order valence-corrected chi connectivity index (χ3v) is 5.78. The number of aromatic nitrogens is 1. The number of nitrogens with zero attached hydrogens (tertiary/aromatic N) is 3. The van der Waals surface area contributed by atoms with Crippen LogP contribution in [0.2, 0.25) is 0 Å². The number of methoxy groups -OCH3 is 1. The summed E-state index contributed by atoms with van der Waals surface area (Å²) in [5, 5.41) is 9.45. The van der Waals surface area contributed by atoms with E-state index in [4.69, 9.17) is 9.47 Å². The molecular weight excluding hydrogens is 382 g/mol. The predicted octanol–water partition coefficient (Wildman–Crippen LogP) is 3.38. The van der Waals surface area contributed by atoms with E-state index in [1.807, 2.05) is 32.9 Å². The van der Waals surface area contributed by atoms with Crippen molar-refractivity contribution < 1.29 is 19.1 Å². The van der Waals surface area contributed by atoms with Gasteiger partial charge in [-0.15, -0.1) is 0 Å². The van der Waals surface area contributed by atoms with E-state index in [1.165, 1.54) is 12.5 Å². The number of aryl methyl sites for hydroxylation is 1. The highest BCUT2D eigenvalue weighted by atomic mass is 16.5. The summed E-state index contributed by atoms with van der Waals surface area (Å²) < 4.78 is 12.4. The van der Waals surface area contributed by atoms with Gasteiger partial charge in [-0.2, -0.15) is 5.26 Å². The van der Waals surface area contributed by atoms with Crippen molar-refractivity contribution in [3.05, 3.63) is 28.6 Å². The number of carbonyl (C=O) groups is 2. The topological polar surface area (TPSA) is 84.6 Å². The fourth-order valence-corrected chi connectivity index (χ4v) is 4.11. The minimum Gasteiger partial charge on any atom is -0.451 e. The van der Waals surface area contributed by atoms with Gasteiger partial charge in [0.2, 0.25) is 0 Å². The molecule has 0 unspecified atom stereocenters. The van der Waals surface area contributed by atoms with Crippen LogP contribution < -0.4 is 0 Å². The lowest BCUT2D eigenvalue weighted by Crippen LogP contribution is -2.43. The van der Waals surface area contributed by atoms with E-state index in [2.05, 4.69) is 4.57 Å². The highest BCUT2D eigenvalue weighted by molar-refractivity contribution is 5.99. The van der Waals surface area contributed by atoms with E-state index in [1.54, 1.807) is 12.0 Å². The van der Waals surface area contributed by atoms with Crippen LogP contribution in [0, 0.1) is 25.2 Å². The van der Waals surface area contributed by atoms with Crippen molar-refractivity contribution in [3.63, 3.8) is 0 Å². The molecule has 1 aliphatic rings. The lowest BCUT2D eigenvalue weighted by Gasteiger charge is -2.33. The Balaban J connectivity index is 2.04. The molecule has 30 heavy (non-hydrogen) atoms. The summed E-state index contributed by atoms with van der Waals surface area (Å²) in [6.07, 6.45) is 6.97. The summed E-state index contributed by atoms with van der Waals surface area (Å²) in [5.74, 6) is -0.972. The van der Waals surface area contributed by atoms with Gasteiger partial charge in [0.1, 0.15) is 11.6 Å². The smallest absolute Gasteiger partial charge is 0.349 e. The minimum atomic E-state index is -0.771. The van der Waals surface area contributed by atoms with E-state index in [-0.39, 0.29) is 24.1 Å². The van der Waals surface area contributed by atoms with Crippen molar-refractivity contribution >= 4 is 18.0 Å². The first-order chi connectivity index (χ1) is 14.4. The molecule has 1 fully saturated rings. The maximum atomic E-state index is 12.6. The second kappa shape index (κ2) is 11.6. The number of amides is 1. The van der Waals surface area contributed by atoms with Gasteiger partial charge < -0.3 is 18.9 Å². The van der Waals surface area contributed by atoms with Crippen LogP contribution >= 0.6 is 0 Å². The zero-order chi connectivity index (χ0) is 22.1. The molecule has 1 aromatic rings. The van der Waals surface area contributed by atoms with Crippen LogP contribution in [-0.4, -0.2) is 54.3 Å². The van der Waals surface area contributed by atoms with Crippen molar-refractivity contribution in [1.29, 1.82) is 5.26 Å². The Labute approximate surface area is 179 Å². The zero-order valence-corrected chi connectivity index (χ0v) is 18.6. The quantitative estimate of drug-likeness (QED) is 0.351. The maximum Gasteiger partial charge on any atom is 0.349 e. The Kier molecular flexibility index (Phi) is 9.13. The molecule has 0 atom stereocenters. The first kappa shape index (κ1) is 23.7. The zero-order valence-electron chi connectivity index (χ0n) is 18.6. The summed E-state index contributed by atoms with van der Waals surface area (Å²) in [6.45, 7) is 7.36. The number of esters is 1. The van der Waals surface area contributed by atoms with Crippen molar-refractivity contribution in [2.24, 2.45) is 0 Å². The number of likely N-dealkylation sites (N-methyl/N-ethyl adjacent to an activating group) is 1. The molecule has 0 radical (unpaired) electrons. The molecule has 7 heteroatoms. The van der Waals surface area contributed by atoms with Gasteiger partial charge in [-0.05, 0) is 51.3 Å². The molecule has 2 rings (SSSR count). The number of ether oxygens (including phenoxy) is 2. The average Bonchev–Trinajstić information content (AvgIpc) is 3.02. The van der Waals surface area contributed by atoms with Crippen LogP contribution in [0.15, 0.2) is 11.6 Å². The summed E-state index contributed by atoms with van der Waals surface area (Å²) in [5.41, 5.74) is 2.62. The number of nitriles is 1. The first-order valence-electron chi connectivity index (χ1n) is 10.7. The molecule has 0 saturated heterocycles. The predicted molar refractivity (Wildman–Crippen MR) is 115 cm³/mol. The lowest BCUT2D eigenvalue weighted by atomic mass is 9.94. The van der Waals surface area contributed by atoms with Gasteiger partial charge >= 0.3 is 5.97 Å². The fourth-order valence-electron chi connectivity index (χ4n) is 4.11. The monoisotopic (exact) mass is 415 g/mol. The molecule has 0 aromatic carbocycles. The Morgan fingerprint density at radius 2 is 2.00 bits per heavy atom. The van der Waals surface area contributed by atoms with E-state index < -0.39 is 5.97 Å². The third-order valence-electron chi connectivity index (χ3n) is 5.78. The molecular formula is C23H33N3O4. The molecule has 1 aliphatic carbocycles. The van der Waals surface area contributed by atoms with Gasteiger partial charge in [-0.25, -0.2) is 4.79 Å². The minimum absolute atomic E-state index is 0.115. The van der Waals surface area contributed by atoms with Gasteiger partial charge in [0.05, 0.1) is 6.61 Å². The number of carbonyl (C=O) groups excluding carboxylic acids is 2. The molecule has 1 saturated carbocycles. The number of hydrogen-bond acceptors (Lipinski definition) is 5. The average molecular weight is 416 g/mol. The van der Waals surface area contributed by atoms with Crippen molar-refractivity contribution in [1.82, 2.24) is 9.47 Å². The normalized spacial score (nSPS) is 15.0. The van der Waals surface area contributed by atoms with Crippen LogP contribution in [0.5, 0.6) is 0 Å². The van der Waals surface area contributed by atoms with E-state index in [9.17, 15) is 14.9 Å². The summed E-state index contributed by atoms with van der Waals surface area (Å²) in [4.78, 5) is 26.8. The lowest BCUT2D eigenvalue weighted by molar-refractivity contribution is -0.150. The molecule has 0 aliphatic heterocycles. The molecule has 1 amide bonds. The standard InChI is InChI=1S/C23H33N3O4/c1-5-25(21-9-7-6-8-10-21)22(27)16-30-23(28)20(15-24)14-19-13-17(2)26(18(19)3)11-12-29-4/h13-14,21H,5-12,16H2,1-4H3/b20-14+. The second-order valence-electron chi connectivity index (χ2n) is 7.69. The van der Waals surface area contributed by atoms with Crippen LogP contribution in [0.25, 0.3) is 6.08 Å². The van der Waals surface area contributed by atoms with Gasteiger partial charge in [-0.3, -0.25) is 4.79 Å². The fraction of sp³-hybridized carbons (Fsp3) is 0.609. The van der Waals surface area contributed by atoms with Crippen molar-refractivity contribution in [2.45, 2.75) is 65.5 Å². The molecule has 1 heterocycles. The van der Waals surface area contributed by atoms with E-state index in [0.717, 1.165) is 42.6 Å². The second-order valence-corrected chi connectivity index (χ2v) is 7.69. The van der Waals surface area contributed by atoms with Gasteiger partial charge in [0, 0.05) is 37.6 Å². The van der Waals surface area contributed by atoms with E-state index in [0.29, 0.717) is 19.7 Å². The Morgan fingerprint density at radius 3 is 2.60 bits per heavy atom. The molecule has 1 aromatic heterocycles. The third kappa shape index (κ3) is 5.96. The molecule has 7 nitrogen and oxygen atoms in total. The SMILES string of the molecule is CCN(C(=O)COC(=O)/C(C#N)=C/c1cc(C)n(CCOC)c1C)C1CCCCC1. The van der Waals surface area contributed by atoms with Gasteiger partial charge in [0.25, 0.3) is 5.91 Å². The van der Waals surface area contributed by atoms with Crippen molar-refractivity contribution in [3.8, 4) is 6.07 Å². The van der Waals surface area contributed by atoms with Crippen LogP contribution in [0.4, 0.5) is 0 Å². The molecule has 0 bridgehead atoms. The van der Waals surface area contributed by atoms with Crippen LogP contribution in [-0.2, 0) is 25.6 Å². The summed E-state index contributed by atoms with van der Waals surface area (Å²) >= 11 is 0. The summed E-state index contributed by atoms with van der Waals surface area (Å²) in [7, 11) is 1.65. The van der Waals surface area contributed by atoms with E-state index >= 15 is 0 Å².